The van der Waals surface area contributed by atoms with Crippen LogP contribution >= 0.6 is 0 Å². The minimum absolute atomic E-state index is 0.0197. The first-order valence-corrected chi connectivity index (χ1v) is 6.50. The number of aliphatic hydroxyl groups is 1. The maximum Gasteiger partial charge on any atom is 0.238 e. The molecule has 2 rings (SSSR count). The summed E-state index contributed by atoms with van der Waals surface area (Å²) < 4.78 is 0. The number of ketones is 2. The zero-order chi connectivity index (χ0) is 15.6. The van der Waals surface area contributed by atoms with Crippen LogP contribution in [0, 0.1) is 6.92 Å². The maximum atomic E-state index is 12.3. The molecule has 0 radical (unpaired) electrons. The first kappa shape index (κ1) is 14.9. The molecular weight excluding hydrogens is 268 g/mol. The predicted molar refractivity (Wildman–Crippen MR) is 78.2 cm³/mol. The fourth-order valence-electron chi connectivity index (χ4n) is 2.14. The Balaban J connectivity index is 2.37. The second-order valence-electron chi connectivity index (χ2n) is 5.10. The van der Waals surface area contributed by atoms with Gasteiger partial charge in [0.1, 0.15) is 5.75 Å². The molecule has 0 heterocycles. The lowest BCUT2D eigenvalue weighted by Gasteiger charge is -2.21. The SMILES string of the molecule is Cc1cc(O)ccc1C(=O)C(=O)C(C)(O)c1ccccc1. The number of phenolic OH excluding ortho intramolecular Hbond substituents is 1. The Labute approximate surface area is 122 Å². The van der Waals surface area contributed by atoms with Gasteiger partial charge >= 0.3 is 0 Å². The van der Waals surface area contributed by atoms with Gasteiger partial charge in [-0.1, -0.05) is 30.3 Å². The number of hydrogen-bond donors (Lipinski definition) is 2. The highest BCUT2D eigenvalue weighted by Crippen LogP contribution is 2.25. The molecule has 0 aliphatic heterocycles. The fourth-order valence-corrected chi connectivity index (χ4v) is 2.14. The molecule has 2 aromatic rings. The van der Waals surface area contributed by atoms with Crippen LogP contribution < -0.4 is 0 Å². The summed E-state index contributed by atoms with van der Waals surface area (Å²) in [6, 6.07) is 12.4. The number of carbonyl (C=O) groups is 2. The van der Waals surface area contributed by atoms with E-state index in [0.717, 1.165) is 0 Å². The lowest BCUT2D eigenvalue weighted by Crippen LogP contribution is -2.38. The fraction of sp³-hybridized carbons (Fsp3) is 0.176. The molecule has 0 fully saturated rings. The van der Waals surface area contributed by atoms with Crippen molar-refractivity contribution in [2.75, 3.05) is 0 Å². The number of aromatic hydroxyl groups is 1. The van der Waals surface area contributed by atoms with Gasteiger partial charge < -0.3 is 10.2 Å². The lowest BCUT2D eigenvalue weighted by molar-refractivity contribution is -0.131. The van der Waals surface area contributed by atoms with Crippen molar-refractivity contribution in [1.82, 2.24) is 0 Å². The minimum Gasteiger partial charge on any atom is -0.508 e. The summed E-state index contributed by atoms with van der Waals surface area (Å²) in [6.07, 6.45) is 0. The number of benzene rings is 2. The van der Waals surface area contributed by atoms with Gasteiger partial charge in [-0.25, -0.2) is 0 Å². The number of rotatable bonds is 4. The highest BCUT2D eigenvalue weighted by Gasteiger charge is 2.37. The third-order valence-electron chi connectivity index (χ3n) is 3.44. The van der Waals surface area contributed by atoms with Crippen LogP contribution in [0.4, 0.5) is 0 Å². The second kappa shape index (κ2) is 5.50. The zero-order valence-electron chi connectivity index (χ0n) is 11.8. The second-order valence-corrected chi connectivity index (χ2v) is 5.10. The Hall–Kier alpha value is -2.46. The summed E-state index contributed by atoms with van der Waals surface area (Å²) in [6.45, 7) is 2.93. The summed E-state index contributed by atoms with van der Waals surface area (Å²) in [5.41, 5.74) is -0.867. The van der Waals surface area contributed by atoms with Crippen LogP contribution in [-0.4, -0.2) is 21.8 Å². The smallest absolute Gasteiger partial charge is 0.238 e. The van der Waals surface area contributed by atoms with Gasteiger partial charge in [-0.3, -0.25) is 9.59 Å². The summed E-state index contributed by atoms with van der Waals surface area (Å²) in [5, 5.41) is 19.8. The molecule has 2 N–H and O–H groups in total. The number of Topliss-reactive ketones (excluding diaryl/α,β-unsaturated/α-hetero) is 2. The molecule has 0 amide bonds. The van der Waals surface area contributed by atoms with Crippen LogP contribution in [-0.2, 0) is 10.4 Å². The van der Waals surface area contributed by atoms with Gasteiger partial charge in [0.05, 0.1) is 0 Å². The highest BCUT2D eigenvalue weighted by molar-refractivity contribution is 6.46. The standard InChI is InChI=1S/C17H16O4/c1-11-10-13(18)8-9-14(11)15(19)16(20)17(2,21)12-6-4-3-5-7-12/h3-10,18,21H,1-2H3. The molecule has 21 heavy (non-hydrogen) atoms. The van der Waals surface area contributed by atoms with Crippen molar-refractivity contribution < 1.29 is 19.8 Å². The minimum atomic E-state index is -1.89. The van der Waals surface area contributed by atoms with Crippen molar-refractivity contribution >= 4 is 11.6 Å². The largest absolute Gasteiger partial charge is 0.508 e. The van der Waals surface area contributed by atoms with Crippen LogP contribution in [0.1, 0.15) is 28.4 Å². The third-order valence-corrected chi connectivity index (χ3v) is 3.44. The topological polar surface area (TPSA) is 74.6 Å². The van der Waals surface area contributed by atoms with Crippen LogP contribution in [0.5, 0.6) is 5.75 Å². The quantitative estimate of drug-likeness (QED) is 0.667. The number of carbonyl (C=O) groups excluding carboxylic acids is 2. The van der Waals surface area contributed by atoms with E-state index in [2.05, 4.69) is 0 Å². The summed E-state index contributed by atoms with van der Waals surface area (Å²) in [5.74, 6) is -1.66. The molecule has 0 aliphatic carbocycles. The molecule has 0 saturated heterocycles. The van der Waals surface area contributed by atoms with Gasteiger partial charge in [0.25, 0.3) is 0 Å². The van der Waals surface area contributed by atoms with Crippen molar-refractivity contribution in [2.45, 2.75) is 19.4 Å². The molecule has 0 bridgehead atoms. The Morgan fingerprint density at radius 3 is 2.24 bits per heavy atom. The maximum absolute atomic E-state index is 12.3. The van der Waals surface area contributed by atoms with Crippen molar-refractivity contribution in [3.05, 3.63) is 65.2 Å². The molecular formula is C17H16O4. The Morgan fingerprint density at radius 1 is 1.05 bits per heavy atom. The summed E-state index contributed by atoms with van der Waals surface area (Å²) in [4.78, 5) is 24.6. The van der Waals surface area contributed by atoms with E-state index >= 15 is 0 Å². The average molecular weight is 284 g/mol. The van der Waals surface area contributed by atoms with Crippen LogP contribution in [0.25, 0.3) is 0 Å². The molecule has 0 aliphatic rings. The average Bonchev–Trinajstić information content (AvgIpc) is 2.46. The zero-order valence-corrected chi connectivity index (χ0v) is 11.8. The Morgan fingerprint density at radius 2 is 1.67 bits per heavy atom. The van der Waals surface area contributed by atoms with E-state index < -0.39 is 17.2 Å². The van der Waals surface area contributed by atoms with Gasteiger partial charge in [-0.15, -0.1) is 0 Å². The van der Waals surface area contributed by atoms with Gasteiger partial charge in [0.15, 0.2) is 5.60 Å². The van der Waals surface area contributed by atoms with Crippen molar-refractivity contribution in [2.24, 2.45) is 0 Å². The molecule has 0 spiro atoms. The normalized spacial score (nSPS) is 13.5. The predicted octanol–water partition coefficient (Wildman–Crippen LogP) is 2.36. The van der Waals surface area contributed by atoms with Crippen LogP contribution in [0.3, 0.4) is 0 Å². The molecule has 0 saturated carbocycles. The molecule has 1 atom stereocenters. The van der Waals surface area contributed by atoms with Gasteiger partial charge in [-0.05, 0) is 43.2 Å². The first-order valence-electron chi connectivity index (χ1n) is 6.50. The van der Waals surface area contributed by atoms with E-state index in [9.17, 15) is 19.8 Å². The van der Waals surface area contributed by atoms with Crippen molar-refractivity contribution in [3.8, 4) is 5.75 Å². The van der Waals surface area contributed by atoms with E-state index in [1.165, 1.54) is 25.1 Å². The summed E-state index contributed by atoms with van der Waals surface area (Å²) >= 11 is 0. The molecule has 1 unspecified atom stereocenters. The number of phenols is 1. The number of aryl methyl sites for hydroxylation is 1. The molecule has 108 valence electrons. The van der Waals surface area contributed by atoms with Gasteiger partial charge in [-0.2, -0.15) is 0 Å². The molecule has 4 heteroatoms. The van der Waals surface area contributed by atoms with Crippen LogP contribution in [0.15, 0.2) is 48.5 Å². The van der Waals surface area contributed by atoms with Gasteiger partial charge in [0.2, 0.25) is 11.6 Å². The van der Waals surface area contributed by atoms with E-state index in [-0.39, 0.29) is 11.3 Å². The lowest BCUT2D eigenvalue weighted by atomic mass is 9.86. The molecule has 2 aromatic carbocycles. The number of hydrogen-bond acceptors (Lipinski definition) is 4. The Kier molecular flexibility index (Phi) is 3.91. The highest BCUT2D eigenvalue weighted by atomic mass is 16.3. The van der Waals surface area contributed by atoms with Gasteiger partial charge in [0, 0.05) is 5.56 Å². The van der Waals surface area contributed by atoms with Crippen LogP contribution in [0.2, 0.25) is 0 Å². The van der Waals surface area contributed by atoms with E-state index in [4.69, 9.17) is 0 Å². The molecule has 4 nitrogen and oxygen atoms in total. The van der Waals surface area contributed by atoms with E-state index in [1.807, 2.05) is 0 Å². The van der Waals surface area contributed by atoms with Crippen molar-refractivity contribution in [3.63, 3.8) is 0 Å². The third kappa shape index (κ3) is 2.85. The first-order chi connectivity index (χ1) is 9.84. The monoisotopic (exact) mass is 284 g/mol. The summed E-state index contributed by atoms with van der Waals surface area (Å²) in [7, 11) is 0. The van der Waals surface area contributed by atoms with E-state index in [1.54, 1.807) is 37.3 Å². The molecule has 0 aromatic heterocycles. The van der Waals surface area contributed by atoms with E-state index in [0.29, 0.717) is 11.1 Å². The van der Waals surface area contributed by atoms with Crippen molar-refractivity contribution in [1.29, 1.82) is 0 Å². The Bertz CT molecular complexity index is 687.